The van der Waals surface area contributed by atoms with Crippen molar-refractivity contribution in [3.8, 4) is 0 Å². The number of hydrogen-bond donors (Lipinski definition) is 1. The van der Waals surface area contributed by atoms with Crippen molar-refractivity contribution in [1.82, 2.24) is 15.1 Å². The van der Waals surface area contributed by atoms with E-state index < -0.39 is 5.03 Å². The lowest BCUT2D eigenvalue weighted by Gasteiger charge is -2.23. The van der Waals surface area contributed by atoms with Crippen LogP contribution in [0.4, 0.5) is 0 Å². The molecule has 0 heterocycles. The van der Waals surface area contributed by atoms with Crippen molar-refractivity contribution in [2.45, 2.75) is 245 Å². The Morgan fingerprint density at radius 2 is 1.03 bits per heavy atom. The summed E-state index contributed by atoms with van der Waals surface area (Å²) in [5.74, 6) is 1.23. The van der Waals surface area contributed by atoms with Crippen LogP contribution in [-0.2, 0) is 14.3 Å². The minimum Gasteiger partial charge on any atom is -0.499 e. The van der Waals surface area contributed by atoms with Crippen molar-refractivity contribution in [2.24, 2.45) is 5.10 Å². The Kier molecular flexibility index (Phi) is 42.0. The quantitative estimate of drug-likeness (QED) is 0.0123. The van der Waals surface area contributed by atoms with Crippen LogP contribution in [0.1, 0.15) is 239 Å². The molecular weight excluding hydrogens is 739 g/mol. The lowest BCUT2D eigenvalue weighted by atomic mass is 10.0. The number of carbonyl (C=O) groups is 1. The molecule has 0 saturated heterocycles. The molecule has 1 N–H and O–H groups in total. The summed E-state index contributed by atoms with van der Waals surface area (Å²) < 4.78 is 12.0. The third-order valence-electron chi connectivity index (χ3n) is 11.4. The molecule has 0 aliphatic heterocycles. The van der Waals surface area contributed by atoms with Crippen LogP contribution in [0.3, 0.4) is 0 Å². The van der Waals surface area contributed by atoms with Gasteiger partial charge in [0.2, 0.25) is 0 Å². The average molecular weight is 836 g/mol. The van der Waals surface area contributed by atoms with Crippen LogP contribution in [0.25, 0.3) is 0 Å². The molecule has 0 radical (unpaired) electrons. The van der Waals surface area contributed by atoms with E-state index in [1.54, 1.807) is 19.0 Å². The van der Waals surface area contributed by atoms with Crippen LogP contribution >= 0.6 is 0 Å². The van der Waals surface area contributed by atoms with Crippen LogP contribution in [0, 0.1) is 10.1 Å². The molecule has 0 aliphatic carbocycles. The molecule has 0 bridgehead atoms. The highest BCUT2D eigenvalue weighted by Gasteiger charge is 2.15. The van der Waals surface area contributed by atoms with Crippen molar-refractivity contribution in [1.29, 1.82) is 0 Å². The van der Waals surface area contributed by atoms with Crippen molar-refractivity contribution in [3.05, 3.63) is 22.5 Å². The van der Waals surface area contributed by atoms with Gasteiger partial charge >= 0.3 is 5.97 Å². The largest absolute Gasteiger partial charge is 0.499 e. The number of ether oxygens (including phenoxy) is 2. The number of rotatable bonds is 45. The SMILES string of the molecule is C=C(CCCCCCCN(CCCCCCCC(=O)OC(CCCCCCCC)CCCCCCCC)CCCN/C(=N/[N+](=O)[O-])N(C)C)OCCCCCCCCC. The molecule has 10 heteroatoms. The van der Waals surface area contributed by atoms with E-state index in [0.29, 0.717) is 13.0 Å². The first-order valence-corrected chi connectivity index (χ1v) is 25.1. The molecule has 59 heavy (non-hydrogen) atoms. The van der Waals surface area contributed by atoms with E-state index in [9.17, 15) is 14.9 Å². The number of carbonyl (C=O) groups excluding carboxylic acids is 1. The fourth-order valence-electron chi connectivity index (χ4n) is 7.68. The Labute approximate surface area is 365 Å². The topological polar surface area (TPSA) is 110 Å². The first-order chi connectivity index (χ1) is 28.7. The number of nitro groups is 1. The van der Waals surface area contributed by atoms with E-state index in [1.807, 2.05) is 0 Å². The van der Waals surface area contributed by atoms with Crippen molar-refractivity contribution >= 4 is 11.9 Å². The molecule has 0 rings (SSSR count). The fourth-order valence-corrected chi connectivity index (χ4v) is 7.68. The zero-order valence-electron chi connectivity index (χ0n) is 39.7. The van der Waals surface area contributed by atoms with Crippen LogP contribution in [-0.4, -0.2) is 79.7 Å². The maximum Gasteiger partial charge on any atom is 0.306 e. The van der Waals surface area contributed by atoms with E-state index in [-0.39, 0.29) is 18.0 Å². The number of hydrazone groups is 1. The van der Waals surface area contributed by atoms with Crippen molar-refractivity contribution < 1.29 is 19.3 Å². The lowest BCUT2D eigenvalue weighted by molar-refractivity contribution is -0.485. The molecule has 0 fully saturated rings. The number of esters is 1. The normalized spacial score (nSPS) is 11.7. The number of hydrogen-bond acceptors (Lipinski definition) is 6. The van der Waals surface area contributed by atoms with Gasteiger partial charge in [0.1, 0.15) is 11.2 Å². The van der Waals surface area contributed by atoms with E-state index in [4.69, 9.17) is 9.47 Å². The second kappa shape index (κ2) is 43.7. The standard InChI is InChI=1S/C49H97N5O5/c1-7-10-13-16-19-28-35-45-58-46(4)37-29-22-20-26-33-42-53(44-36-41-50-49(52(5)6)51-54(56)57)43-34-27-21-25-32-40-48(55)59-47(38-30-23-17-14-11-8-2)39-31-24-18-15-12-9-3/h47H,4,7-45H2,1-3,5-6H3,(H,50,51). The second-order valence-electron chi connectivity index (χ2n) is 17.4. The minimum absolute atomic E-state index is 0.00417. The lowest BCUT2D eigenvalue weighted by Crippen LogP contribution is -2.38. The molecule has 0 aromatic rings. The van der Waals surface area contributed by atoms with Crippen LogP contribution in [0.2, 0.25) is 0 Å². The van der Waals surface area contributed by atoms with Gasteiger partial charge in [-0.15, -0.1) is 0 Å². The van der Waals surface area contributed by atoms with E-state index in [0.717, 1.165) is 103 Å². The maximum atomic E-state index is 12.9. The third-order valence-corrected chi connectivity index (χ3v) is 11.4. The summed E-state index contributed by atoms with van der Waals surface area (Å²) in [6.45, 7) is 15.5. The Balaban J connectivity index is 4.55. The number of unbranched alkanes of at least 4 members (excludes halogenated alkanes) is 24. The van der Waals surface area contributed by atoms with Crippen LogP contribution in [0.5, 0.6) is 0 Å². The van der Waals surface area contributed by atoms with Crippen LogP contribution in [0.15, 0.2) is 17.4 Å². The van der Waals surface area contributed by atoms with Gasteiger partial charge in [-0.1, -0.05) is 169 Å². The van der Waals surface area contributed by atoms with Crippen molar-refractivity contribution in [2.75, 3.05) is 46.9 Å². The molecule has 0 unspecified atom stereocenters. The summed E-state index contributed by atoms with van der Waals surface area (Å²) in [7, 11) is 3.52. The predicted molar refractivity (Wildman–Crippen MR) is 252 cm³/mol. The van der Waals surface area contributed by atoms with Gasteiger partial charge in [-0.05, 0) is 83.8 Å². The summed E-state index contributed by atoms with van der Waals surface area (Å²) in [5.41, 5.74) is 0. The van der Waals surface area contributed by atoms with Crippen molar-refractivity contribution in [3.63, 3.8) is 0 Å². The highest BCUT2D eigenvalue weighted by molar-refractivity contribution is 5.78. The number of allylic oxidation sites excluding steroid dienone is 1. The van der Waals surface area contributed by atoms with Gasteiger partial charge in [-0.3, -0.25) is 4.79 Å². The van der Waals surface area contributed by atoms with E-state index in [2.05, 4.69) is 42.7 Å². The first kappa shape index (κ1) is 56.6. The first-order valence-electron chi connectivity index (χ1n) is 25.1. The molecule has 0 aromatic heterocycles. The Hall–Kier alpha value is -2.36. The summed E-state index contributed by atoms with van der Waals surface area (Å²) >= 11 is 0. The minimum atomic E-state index is -0.650. The predicted octanol–water partition coefficient (Wildman–Crippen LogP) is 13.8. The molecule has 0 aliphatic rings. The van der Waals surface area contributed by atoms with Gasteiger partial charge in [0.15, 0.2) is 5.03 Å². The fraction of sp³-hybridized carbons (Fsp3) is 0.918. The van der Waals surface area contributed by atoms with E-state index >= 15 is 0 Å². The third kappa shape index (κ3) is 40.8. The van der Waals surface area contributed by atoms with Crippen LogP contribution < -0.4 is 5.32 Å². The molecule has 0 amide bonds. The summed E-state index contributed by atoms with van der Waals surface area (Å²) in [4.78, 5) is 28.0. The summed E-state index contributed by atoms with van der Waals surface area (Å²) in [6, 6.07) is 0. The molecule has 0 atom stereocenters. The highest BCUT2D eigenvalue weighted by Crippen LogP contribution is 2.19. The Bertz CT molecular complexity index is 978. The number of guanidine groups is 1. The zero-order chi connectivity index (χ0) is 43.4. The highest BCUT2D eigenvalue weighted by atomic mass is 16.7. The average Bonchev–Trinajstić information content (AvgIpc) is 3.21. The number of nitrogens with one attached hydrogen (secondary N) is 1. The second-order valence-corrected chi connectivity index (χ2v) is 17.4. The summed E-state index contributed by atoms with van der Waals surface area (Å²) in [5, 5.41) is 16.9. The summed E-state index contributed by atoms with van der Waals surface area (Å²) in [6.07, 6.45) is 40.3. The van der Waals surface area contributed by atoms with Gasteiger partial charge in [0.25, 0.3) is 5.96 Å². The van der Waals surface area contributed by atoms with Gasteiger partial charge in [0, 0.05) is 33.5 Å². The zero-order valence-corrected chi connectivity index (χ0v) is 39.7. The van der Waals surface area contributed by atoms with Gasteiger partial charge in [0.05, 0.1) is 12.4 Å². The molecule has 348 valence electrons. The monoisotopic (exact) mass is 836 g/mol. The molecule has 10 nitrogen and oxygen atoms in total. The Morgan fingerprint density at radius 1 is 0.610 bits per heavy atom. The molecular formula is C49H97N5O5. The maximum absolute atomic E-state index is 12.9. The van der Waals surface area contributed by atoms with Gasteiger partial charge in [-0.25, -0.2) is 10.1 Å². The Morgan fingerprint density at radius 3 is 1.53 bits per heavy atom. The molecule has 0 spiro atoms. The smallest absolute Gasteiger partial charge is 0.306 e. The van der Waals surface area contributed by atoms with E-state index in [1.165, 1.54) is 141 Å². The van der Waals surface area contributed by atoms with Gasteiger partial charge in [-0.2, -0.15) is 0 Å². The number of nitrogens with zero attached hydrogens (tertiary/aromatic N) is 4. The molecule has 0 saturated carbocycles. The van der Waals surface area contributed by atoms with Gasteiger partial charge < -0.3 is 24.6 Å². The molecule has 0 aromatic carbocycles.